The van der Waals surface area contributed by atoms with Crippen LogP contribution >= 0.6 is 0 Å². The highest BCUT2D eigenvalue weighted by molar-refractivity contribution is 5.99. The molecule has 28 heavy (non-hydrogen) atoms. The zero-order chi connectivity index (χ0) is 19.9. The molecule has 1 amide bonds. The van der Waals surface area contributed by atoms with E-state index in [9.17, 15) is 9.90 Å². The third-order valence-electron chi connectivity index (χ3n) is 4.53. The fourth-order valence-corrected chi connectivity index (χ4v) is 3.39. The minimum atomic E-state index is -1.27. The summed E-state index contributed by atoms with van der Waals surface area (Å²) in [5.41, 5.74) is 2.29. The molecule has 0 unspecified atom stereocenters. The highest BCUT2D eigenvalue weighted by Gasteiger charge is 2.19. The van der Waals surface area contributed by atoms with Crippen molar-refractivity contribution in [1.82, 2.24) is 19.9 Å². The van der Waals surface area contributed by atoms with Crippen molar-refractivity contribution in [2.45, 2.75) is 26.1 Å². The highest BCUT2D eigenvalue weighted by Crippen LogP contribution is 2.34. The molecule has 7 heteroatoms. The average Bonchev–Trinajstić information content (AvgIpc) is 3.21. The van der Waals surface area contributed by atoms with Crippen molar-refractivity contribution >= 4 is 27.8 Å². The number of aliphatic hydroxyl groups is 1. The summed E-state index contributed by atoms with van der Waals surface area (Å²) in [6.45, 7) is 3.16. The lowest BCUT2D eigenvalue weighted by atomic mass is 10.1. The molecule has 0 atom stereocenters. The molecule has 1 aromatic carbocycles. The normalized spacial score (nSPS) is 11.9. The zero-order valence-electron chi connectivity index (χ0n) is 16.0. The Morgan fingerprint density at radius 1 is 1.32 bits per heavy atom. The Hall–Kier alpha value is -3.32. The number of fused-ring (bicyclic) bond motifs is 2. The summed E-state index contributed by atoms with van der Waals surface area (Å²) >= 11 is 0. The van der Waals surface area contributed by atoms with Crippen LogP contribution in [0.2, 0.25) is 0 Å². The minimum Gasteiger partial charge on any atom is -0.497 e. The Balaban J connectivity index is 1.82. The summed E-state index contributed by atoms with van der Waals surface area (Å²) in [6, 6.07) is 11.7. The fraction of sp³-hybridized carbons (Fsp3) is 0.238. The molecule has 0 fully saturated rings. The summed E-state index contributed by atoms with van der Waals surface area (Å²) < 4.78 is 7.25. The molecule has 144 valence electrons. The number of carbonyl (C=O) groups excluding carboxylic acids is 1. The molecule has 0 saturated carbocycles. The van der Waals surface area contributed by atoms with Gasteiger partial charge in [-0.1, -0.05) is 0 Å². The van der Waals surface area contributed by atoms with Crippen molar-refractivity contribution in [1.29, 1.82) is 0 Å². The van der Waals surface area contributed by atoms with Crippen LogP contribution in [-0.4, -0.2) is 38.4 Å². The summed E-state index contributed by atoms with van der Waals surface area (Å²) in [5.74, 6) is 0.465. The first kappa shape index (κ1) is 18.1. The molecule has 7 nitrogen and oxygen atoms in total. The number of amides is 1. The molecule has 3 heterocycles. The van der Waals surface area contributed by atoms with Crippen LogP contribution in [0.5, 0.6) is 5.75 Å². The van der Waals surface area contributed by atoms with Gasteiger partial charge in [-0.05, 0) is 50.2 Å². The van der Waals surface area contributed by atoms with Crippen LogP contribution in [0.1, 0.15) is 13.8 Å². The second kappa shape index (κ2) is 6.69. The van der Waals surface area contributed by atoms with Crippen molar-refractivity contribution in [3.8, 4) is 17.0 Å². The molecule has 0 aliphatic heterocycles. The molecule has 4 aromatic rings. The maximum atomic E-state index is 12.3. The van der Waals surface area contributed by atoms with Gasteiger partial charge in [0.15, 0.2) is 0 Å². The lowest BCUT2D eigenvalue weighted by Crippen LogP contribution is -2.44. The molecule has 0 radical (unpaired) electrons. The van der Waals surface area contributed by atoms with Gasteiger partial charge in [0.25, 0.3) is 0 Å². The molecule has 4 rings (SSSR count). The Morgan fingerprint density at radius 3 is 2.86 bits per heavy atom. The van der Waals surface area contributed by atoms with Crippen LogP contribution in [0.15, 0.2) is 48.8 Å². The van der Waals surface area contributed by atoms with Gasteiger partial charge < -0.3 is 24.7 Å². The van der Waals surface area contributed by atoms with Gasteiger partial charge in [0.2, 0.25) is 5.91 Å². The lowest BCUT2D eigenvalue weighted by molar-refractivity contribution is -0.127. The van der Waals surface area contributed by atoms with E-state index in [0.717, 1.165) is 38.9 Å². The number of methoxy groups -OCH3 is 1. The van der Waals surface area contributed by atoms with Gasteiger partial charge in [0.1, 0.15) is 23.7 Å². The Morgan fingerprint density at radius 2 is 2.14 bits per heavy atom. The lowest BCUT2D eigenvalue weighted by Gasteiger charge is -2.19. The fourth-order valence-electron chi connectivity index (χ4n) is 3.39. The number of nitrogens with zero attached hydrogens (tertiary/aromatic N) is 2. The number of rotatable bonds is 5. The molecule has 0 aliphatic rings. The predicted molar refractivity (Wildman–Crippen MR) is 108 cm³/mol. The van der Waals surface area contributed by atoms with Crippen molar-refractivity contribution in [3.05, 3.63) is 48.8 Å². The van der Waals surface area contributed by atoms with Gasteiger partial charge in [-0.15, -0.1) is 0 Å². The molecular formula is C21H22N4O3. The molecule has 0 bridgehead atoms. The van der Waals surface area contributed by atoms with Crippen LogP contribution in [0.4, 0.5) is 0 Å². The summed E-state index contributed by atoms with van der Waals surface area (Å²) in [4.78, 5) is 20.0. The summed E-state index contributed by atoms with van der Waals surface area (Å²) in [5, 5.41) is 14.4. The first-order valence-electron chi connectivity index (χ1n) is 8.98. The van der Waals surface area contributed by atoms with Gasteiger partial charge in [0, 0.05) is 39.9 Å². The van der Waals surface area contributed by atoms with Gasteiger partial charge in [-0.25, -0.2) is 4.98 Å². The van der Waals surface area contributed by atoms with Crippen molar-refractivity contribution in [3.63, 3.8) is 0 Å². The van der Waals surface area contributed by atoms with E-state index in [2.05, 4.69) is 15.3 Å². The zero-order valence-corrected chi connectivity index (χ0v) is 16.0. The Bertz CT molecular complexity index is 1130. The van der Waals surface area contributed by atoms with Crippen LogP contribution in [0.25, 0.3) is 33.2 Å². The second-order valence-electron chi connectivity index (χ2n) is 7.29. The quantitative estimate of drug-likeness (QED) is 0.466. The molecule has 0 saturated heterocycles. The number of nitrogens with one attached hydrogen (secondary N) is 2. The monoisotopic (exact) mass is 378 g/mol. The standard InChI is InChI=1S/C21H22N4O3/c1-21(2,27)24-19(26)12-25-11-16(15-10-14(28-3)6-7-18(15)25)17-9-13-5-4-8-22-20(13)23-17/h4-11,27H,12H2,1-3H3,(H,22,23)(H,24,26). The van der Waals surface area contributed by atoms with E-state index in [1.54, 1.807) is 13.3 Å². The van der Waals surface area contributed by atoms with E-state index in [-0.39, 0.29) is 12.5 Å². The third-order valence-corrected chi connectivity index (χ3v) is 4.53. The van der Waals surface area contributed by atoms with E-state index >= 15 is 0 Å². The topological polar surface area (TPSA) is 92.2 Å². The number of aromatic nitrogens is 3. The number of carbonyl (C=O) groups is 1. The Labute approximate surface area is 162 Å². The molecule has 3 N–H and O–H groups in total. The van der Waals surface area contributed by atoms with E-state index in [4.69, 9.17) is 4.74 Å². The number of hydrogen-bond donors (Lipinski definition) is 3. The second-order valence-corrected chi connectivity index (χ2v) is 7.29. The first-order chi connectivity index (χ1) is 13.3. The Kier molecular flexibility index (Phi) is 4.31. The van der Waals surface area contributed by atoms with E-state index in [1.807, 2.05) is 47.2 Å². The number of ether oxygens (including phenoxy) is 1. The minimum absolute atomic E-state index is 0.0886. The van der Waals surface area contributed by atoms with Gasteiger partial charge in [0.05, 0.1) is 7.11 Å². The first-order valence-corrected chi connectivity index (χ1v) is 8.98. The van der Waals surface area contributed by atoms with Crippen LogP contribution in [-0.2, 0) is 11.3 Å². The molecule has 0 aliphatic carbocycles. The maximum absolute atomic E-state index is 12.3. The van der Waals surface area contributed by atoms with Gasteiger partial charge >= 0.3 is 0 Å². The molecular weight excluding hydrogens is 356 g/mol. The summed E-state index contributed by atoms with van der Waals surface area (Å²) in [6.07, 6.45) is 3.68. The summed E-state index contributed by atoms with van der Waals surface area (Å²) in [7, 11) is 1.63. The average molecular weight is 378 g/mol. The number of benzene rings is 1. The predicted octanol–water partition coefficient (Wildman–Crippen LogP) is 3.04. The SMILES string of the molecule is COc1ccc2c(c1)c(-c1cc3cccnc3[nH]1)cn2CC(=O)NC(C)(C)O. The molecule has 3 aromatic heterocycles. The number of H-pyrrole nitrogens is 1. The number of pyridine rings is 1. The smallest absolute Gasteiger partial charge is 0.242 e. The highest BCUT2D eigenvalue weighted by atomic mass is 16.5. The van der Waals surface area contributed by atoms with E-state index in [0.29, 0.717) is 0 Å². The van der Waals surface area contributed by atoms with Gasteiger partial charge in [-0.3, -0.25) is 4.79 Å². The largest absolute Gasteiger partial charge is 0.497 e. The van der Waals surface area contributed by atoms with E-state index in [1.165, 1.54) is 13.8 Å². The van der Waals surface area contributed by atoms with Crippen LogP contribution in [0.3, 0.4) is 0 Å². The van der Waals surface area contributed by atoms with Gasteiger partial charge in [-0.2, -0.15) is 0 Å². The van der Waals surface area contributed by atoms with Crippen LogP contribution < -0.4 is 10.1 Å². The maximum Gasteiger partial charge on any atom is 0.242 e. The third kappa shape index (κ3) is 3.44. The van der Waals surface area contributed by atoms with Crippen molar-refractivity contribution < 1.29 is 14.6 Å². The van der Waals surface area contributed by atoms with Crippen LogP contribution in [0, 0.1) is 0 Å². The number of aromatic amines is 1. The van der Waals surface area contributed by atoms with Crippen molar-refractivity contribution in [2.24, 2.45) is 0 Å². The number of hydrogen-bond acceptors (Lipinski definition) is 4. The van der Waals surface area contributed by atoms with E-state index < -0.39 is 5.72 Å². The molecule has 0 spiro atoms. The van der Waals surface area contributed by atoms with Crippen molar-refractivity contribution in [2.75, 3.05) is 7.11 Å².